The lowest BCUT2D eigenvalue weighted by atomic mass is 9.83. The summed E-state index contributed by atoms with van der Waals surface area (Å²) in [5, 5.41) is 4.88. The third-order valence-corrected chi connectivity index (χ3v) is 8.76. The molecule has 0 N–H and O–H groups in total. The van der Waals surface area contributed by atoms with Gasteiger partial charge in [0.25, 0.3) is 5.91 Å². The Hall–Kier alpha value is -3.17. The molecule has 2 atom stereocenters. The van der Waals surface area contributed by atoms with Crippen molar-refractivity contribution >= 4 is 46.6 Å². The van der Waals surface area contributed by atoms with E-state index < -0.39 is 0 Å². The standard InChI is InChI=1S/C28H32ClN5O3S/c1-18-15-24(35)33(28(37)32-13-7-8-14-32)17-22(18)25-19(2)26(31(3)16-21-11-12-23(29)38-21)34(30-25)27(36)20-9-5-4-6-10-20/h4-6,9-12,18,22H,7-8,13-17H2,1-3H3. The van der Waals surface area contributed by atoms with Crippen LogP contribution in [0.2, 0.25) is 4.34 Å². The Bertz CT molecular complexity index is 1350. The van der Waals surface area contributed by atoms with E-state index in [1.807, 2.05) is 56.1 Å². The number of anilines is 1. The van der Waals surface area contributed by atoms with Gasteiger partial charge in [-0.25, -0.2) is 4.79 Å². The molecule has 0 saturated carbocycles. The second-order valence-corrected chi connectivity index (χ2v) is 12.0. The highest BCUT2D eigenvalue weighted by Gasteiger charge is 2.40. The van der Waals surface area contributed by atoms with E-state index >= 15 is 0 Å². The highest BCUT2D eigenvalue weighted by Crippen LogP contribution is 2.38. The molecule has 200 valence electrons. The van der Waals surface area contributed by atoms with E-state index in [0.29, 0.717) is 35.4 Å². The zero-order valence-electron chi connectivity index (χ0n) is 21.9. The van der Waals surface area contributed by atoms with Crippen molar-refractivity contribution in [3.8, 4) is 0 Å². The largest absolute Gasteiger partial charge is 0.354 e. The van der Waals surface area contributed by atoms with E-state index in [4.69, 9.17) is 16.7 Å². The van der Waals surface area contributed by atoms with Crippen molar-refractivity contribution in [2.45, 2.75) is 45.6 Å². The first-order chi connectivity index (χ1) is 18.2. The quantitative estimate of drug-likeness (QED) is 0.423. The number of amides is 3. The second kappa shape index (κ2) is 10.9. The number of carbonyl (C=O) groups is 3. The minimum Gasteiger partial charge on any atom is -0.354 e. The summed E-state index contributed by atoms with van der Waals surface area (Å²) in [6.07, 6.45) is 2.19. The van der Waals surface area contributed by atoms with Crippen molar-refractivity contribution in [2.24, 2.45) is 5.92 Å². The van der Waals surface area contributed by atoms with Gasteiger partial charge in [-0.1, -0.05) is 36.7 Å². The Morgan fingerprint density at radius 1 is 1.13 bits per heavy atom. The summed E-state index contributed by atoms with van der Waals surface area (Å²) in [6, 6.07) is 12.7. The number of urea groups is 1. The monoisotopic (exact) mass is 553 g/mol. The van der Waals surface area contributed by atoms with Gasteiger partial charge in [-0.2, -0.15) is 9.78 Å². The minimum atomic E-state index is -0.226. The molecule has 38 heavy (non-hydrogen) atoms. The first kappa shape index (κ1) is 26.4. The summed E-state index contributed by atoms with van der Waals surface area (Å²) in [7, 11) is 1.94. The lowest BCUT2D eigenvalue weighted by molar-refractivity contribution is -0.132. The molecule has 2 unspecified atom stereocenters. The predicted molar refractivity (Wildman–Crippen MR) is 149 cm³/mol. The van der Waals surface area contributed by atoms with Gasteiger partial charge >= 0.3 is 6.03 Å². The average Bonchev–Trinajstić information content (AvgIpc) is 3.65. The van der Waals surface area contributed by atoms with E-state index in [1.54, 1.807) is 17.0 Å². The van der Waals surface area contributed by atoms with Crippen LogP contribution >= 0.6 is 22.9 Å². The van der Waals surface area contributed by atoms with E-state index in [0.717, 1.165) is 29.0 Å². The fraction of sp³-hybridized carbons (Fsp3) is 0.429. The highest BCUT2D eigenvalue weighted by molar-refractivity contribution is 7.16. The Kier molecular flexibility index (Phi) is 7.59. The highest BCUT2D eigenvalue weighted by atomic mass is 35.5. The van der Waals surface area contributed by atoms with E-state index in [-0.39, 0.29) is 42.6 Å². The summed E-state index contributed by atoms with van der Waals surface area (Å²) >= 11 is 7.67. The molecule has 3 aromatic rings. The summed E-state index contributed by atoms with van der Waals surface area (Å²) < 4.78 is 2.19. The van der Waals surface area contributed by atoms with E-state index in [1.165, 1.54) is 20.9 Å². The van der Waals surface area contributed by atoms with Gasteiger partial charge in [0.2, 0.25) is 5.91 Å². The molecule has 8 nitrogen and oxygen atoms in total. The summed E-state index contributed by atoms with van der Waals surface area (Å²) in [5.74, 6) is 0.131. The van der Waals surface area contributed by atoms with Crippen LogP contribution in [0, 0.1) is 12.8 Å². The van der Waals surface area contributed by atoms with Crippen LogP contribution in [-0.4, -0.2) is 64.1 Å². The van der Waals surface area contributed by atoms with Gasteiger partial charge < -0.3 is 9.80 Å². The topological polar surface area (TPSA) is 78.8 Å². The fourth-order valence-corrected chi connectivity index (χ4v) is 6.66. The first-order valence-corrected chi connectivity index (χ1v) is 14.2. The zero-order valence-corrected chi connectivity index (χ0v) is 23.5. The Morgan fingerprint density at radius 3 is 2.50 bits per heavy atom. The van der Waals surface area contributed by atoms with Crippen molar-refractivity contribution in [3.05, 3.63) is 68.5 Å². The normalized spacial score (nSPS) is 19.7. The molecule has 2 aliphatic heterocycles. The molecule has 0 spiro atoms. The number of benzene rings is 1. The first-order valence-electron chi connectivity index (χ1n) is 13.0. The molecule has 1 aromatic carbocycles. The number of likely N-dealkylation sites (tertiary alicyclic amines) is 2. The van der Waals surface area contributed by atoms with Crippen LogP contribution in [0.25, 0.3) is 0 Å². The Labute approximate surface area is 231 Å². The van der Waals surface area contributed by atoms with Gasteiger partial charge in [0.1, 0.15) is 5.82 Å². The zero-order chi connectivity index (χ0) is 27.0. The molecule has 5 rings (SSSR count). The molecule has 0 radical (unpaired) electrons. The minimum absolute atomic E-state index is 0.0201. The molecule has 3 amide bonds. The van der Waals surface area contributed by atoms with Gasteiger partial charge in [-0.05, 0) is 49.9 Å². The summed E-state index contributed by atoms with van der Waals surface area (Å²) in [4.78, 5) is 46.0. The van der Waals surface area contributed by atoms with Gasteiger partial charge in [-0.15, -0.1) is 11.3 Å². The molecule has 4 heterocycles. The van der Waals surface area contributed by atoms with Crippen molar-refractivity contribution in [1.29, 1.82) is 0 Å². The van der Waals surface area contributed by atoms with Crippen molar-refractivity contribution in [1.82, 2.24) is 19.6 Å². The van der Waals surface area contributed by atoms with Crippen LogP contribution < -0.4 is 4.90 Å². The second-order valence-electron chi connectivity index (χ2n) is 10.2. The number of rotatable bonds is 5. The van der Waals surface area contributed by atoms with Gasteiger partial charge in [0.05, 0.1) is 16.6 Å². The molecule has 2 saturated heterocycles. The molecule has 2 aliphatic rings. The summed E-state index contributed by atoms with van der Waals surface area (Å²) in [6.45, 7) is 6.18. The molecular formula is C28H32ClN5O3S. The Morgan fingerprint density at radius 2 is 1.84 bits per heavy atom. The van der Waals surface area contributed by atoms with Gasteiger partial charge in [-0.3, -0.25) is 14.5 Å². The molecule has 0 aliphatic carbocycles. The number of halogens is 1. The number of thiophene rings is 1. The van der Waals surface area contributed by atoms with Crippen molar-refractivity contribution in [2.75, 3.05) is 31.6 Å². The smallest absolute Gasteiger partial charge is 0.326 e. The lowest BCUT2D eigenvalue weighted by Crippen LogP contribution is -2.51. The SMILES string of the molecule is Cc1c(C2CN(C(=O)N3CCCC3)C(=O)CC2C)nn(C(=O)c2ccccc2)c1N(C)Cc1ccc(Cl)s1. The van der Waals surface area contributed by atoms with Crippen LogP contribution in [0.4, 0.5) is 10.6 Å². The molecule has 2 fully saturated rings. The maximum absolute atomic E-state index is 13.7. The third-order valence-electron chi connectivity index (χ3n) is 7.55. The van der Waals surface area contributed by atoms with Crippen molar-refractivity contribution in [3.63, 3.8) is 0 Å². The van der Waals surface area contributed by atoms with Gasteiger partial charge in [0.15, 0.2) is 0 Å². The molecule has 10 heteroatoms. The fourth-order valence-electron chi connectivity index (χ4n) is 5.52. The average molecular weight is 554 g/mol. The maximum Gasteiger partial charge on any atom is 0.326 e. The molecule has 0 bridgehead atoms. The number of imide groups is 1. The van der Waals surface area contributed by atoms with Crippen LogP contribution in [0.15, 0.2) is 42.5 Å². The third kappa shape index (κ3) is 5.09. The number of hydrogen-bond donors (Lipinski definition) is 0. The number of piperidine rings is 1. The van der Waals surface area contributed by atoms with Crippen LogP contribution in [-0.2, 0) is 11.3 Å². The van der Waals surface area contributed by atoms with E-state index in [9.17, 15) is 14.4 Å². The molecular weight excluding hydrogens is 522 g/mol. The lowest BCUT2D eigenvalue weighted by Gasteiger charge is -2.36. The van der Waals surface area contributed by atoms with Crippen LogP contribution in [0.5, 0.6) is 0 Å². The number of hydrogen-bond acceptors (Lipinski definition) is 6. The number of nitrogens with zero attached hydrogens (tertiary/aromatic N) is 5. The van der Waals surface area contributed by atoms with Crippen LogP contribution in [0.1, 0.15) is 58.6 Å². The number of carbonyl (C=O) groups excluding carboxylic acids is 3. The Balaban J connectivity index is 1.52. The predicted octanol–water partition coefficient (Wildman–Crippen LogP) is 5.40. The molecule has 2 aromatic heterocycles. The van der Waals surface area contributed by atoms with Crippen molar-refractivity contribution < 1.29 is 14.4 Å². The maximum atomic E-state index is 13.7. The van der Waals surface area contributed by atoms with E-state index in [2.05, 4.69) is 0 Å². The van der Waals surface area contributed by atoms with Gasteiger partial charge in [0, 0.05) is 55.0 Å². The van der Waals surface area contributed by atoms with Crippen LogP contribution in [0.3, 0.4) is 0 Å². The number of aromatic nitrogens is 2. The summed E-state index contributed by atoms with van der Waals surface area (Å²) in [5.41, 5.74) is 2.16.